The SMILES string of the molecule is CS(=O)(=O)NC1CCN(C(=O)CCCc2c[nH]c3ccccc23)CC1. The molecule has 0 spiro atoms. The molecule has 25 heavy (non-hydrogen) atoms. The van der Waals surface area contributed by atoms with Crippen molar-refractivity contribution in [2.75, 3.05) is 19.3 Å². The fraction of sp³-hybridized carbons (Fsp3) is 0.500. The number of H-pyrrole nitrogens is 1. The Bertz CT molecular complexity index is 836. The Labute approximate surface area is 148 Å². The van der Waals surface area contributed by atoms with Crippen LogP contribution < -0.4 is 4.72 Å². The van der Waals surface area contributed by atoms with Crippen molar-refractivity contribution in [3.05, 3.63) is 36.0 Å². The number of nitrogens with zero attached hydrogens (tertiary/aromatic N) is 1. The first-order valence-electron chi connectivity index (χ1n) is 8.72. The highest BCUT2D eigenvalue weighted by Gasteiger charge is 2.24. The number of hydrogen-bond acceptors (Lipinski definition) is 3. The zero-order valence-corrected chi connectivity index (χ0v) is 15.3. The summed E-state index contributed by atoms with van der Waals surface area (Å²) in [5.74, 6) is 0.164. The maximum absolute atomic E-state index is 12.4. The lowest BCUT2D eigenvalue weighted by Gasteiger charge is -2.32. The first-order chi connectivity index (χ1) is 11.9. The third-order valence-electron chi connectivity index (χ3n) is 4.74. The van der Waals surface area contributed by atoms with Gasteiger partial charge in [0, 0.05) is 42.7 Å². The van der Waals surface area contributed by atoms with Crippen LogP contribution in [0.25, 0.3) is 10.9 Å². The second-order valence-corrected chi connectivity index (χ2v) is 8.54. The maximum Gasteiger partial charge on any atom is 0.222 e. The second-order valence-electron chi connectivity index (χ2n) is 6.76. The number of para-hydroxylation sites is 1. The van der Waals surface area contributed by atoms with Crippen LogP contribution in [0, 0.1) is 0 Å². The quantitative estimate of drug-likeness (QED) is 0.824. The number of benzene rings is 1. The third kappa shape index (κ3) is 4.83. The average Bonchev–Trinajstić information content (AvgIpc) is 2.97. The molecular formula is C18H25N3O3S. The smallest absolute Gasteiger partial charge is 0.222 e. The first kappa shape index (κ1) is 17.9. The minimum absolute atomic E-state index is 0.0507. The van der Waals surface area contributed by atoms with E-state index in [0.717, 1.165) is 18.4 Å². The van der Waals surface area contributed by atoms with Crippen LogP contribution in [0.1, 0.15) is 31.2 Å². The summed E-state index contributed by atoms with van der Waals surface area (Å²) in [6, 6.07) is 8.14. The van der Waals surface area contributed by atoms with Gasteiger partial charge in [0.15, 0.2) is 0 Å². The topological polar surface area (TPSA) is 82.3 Å². The van der Waals surface area contributed by atoms with Crippen molar-refractivity contribution in [3.8, 4) is 0 Å². The first-order valence-corrected chi connectivity index (χ1v) is 10.6. The Morgan fingerprint density at radius 2 is 2.00 bits per heavy atom. The number of fused-ring (bicyclic) bond motifs is 1. The molecule has 1 aromatic heterocycles. The van der Waals surface area contributed by atoms with E-state index in [9.17, 15) is 13.2 Å². The van der Waals surface area contributed by atoms with E-state index in [0.29, 0.717) is 32.4 Å². The van der Waals surface area contributed by atoms with Gasteiger partial charge in [-0.05, 0) is 37.3 Å². The Morgan fingerprint density at radius 3 is 2.72 bits per heavy atom. The number of piperidine rings is 1. The molecule has 1 saturated heterocycles. The fourth-order valence-electron chi connectivity index (χ4n) is 3.48. The predicted molar refractivity (Wildman–Crippen MR) is 98.8 cm³/mol. The van der Waals surface area contributed by atoms with E-state index in [1.54, 1.807) is 0 Å². The normalized spacial score (nSPS) is 16.4. The van der Waals surface area contributed by atoms with Crippen molar-refractivity contribution in [3.63, 3.8) is 0 Å². The lowest BCUT2D eigenvalue weighted by atomic mass is 10.0. The Hall–Kier alpha value is -1.86. The van der Waals surface area contributed by atoms with E-state index in [1.807, 2.05) is 23.2 Å². The molecule has 3 rings (SSSR count). The van der Waals surface area contributed by atoms with Crippen LogP contribution in [0.3, 0.4) is 0 Å². The molecule has 1 aromatic carbocycles. The number of carbonyl (C=O) groups is 1. The highest BCUT2D eigenvalue weighted by Crippen LogP contribution is 2.20. The number of rotatable bonds is 6. The molecule has 2 aromatic rings. The summed E-state index contributed by atoms with van der Waals surface area (Å²) in [5, 5.41) is 1.22. The van der Waals surface area contributed by atoms with Crippen molar-refractivity contribution < 1.29 is 13.2 Å². The molecule has 0 atom stereocenters. The number of sulfonamides is 1. The van der Waals surface area contributed by atoms with Crippen LogP contribution in [0.15, 0.2) is 30.5 Å². The lowest BCUT2D eigenvalue weighted by Crippen LogP contribution is -2.46. The molecule has 0 radical (unpaired) electrons. The maximum atomic E-state index is 12.4. The molecule has 0 saturated carbocycles. The van der Waals surface area contributed by atoms with Crippen molar-refractivity contribution in [2.24, 2.45) is 0 Å². The summed E-state index contributed by atoms with van der Waals surface area (Å²) in [5.41, 5.74) is 2.38. The molecule has 1 fully saturated rings. The highest BCUT2D eigenvalue weighted by molar-refractivity contribution is 7.88. The standard InChI is InChI=1S/C18H25N3O3S/c1-25(23,24)20-15-9-11-21(12-10-15)18(22)8-4-5-14-13-19-17-7-3-2-6-16(14)17/h2-3,6-7,13,15,19-20H,4-5,8-12H2,1H3. The van der Waals surface area contributed by atoms with Crippen LogP contribution in [0.2, 0.25) is 0 Å². The summed E-state index contributed by atoms with van der Waals surface area (Å²) in [7, 11) is -3.18. The number of nitrogens with one attached hydrogen (secondary N) is 2. The van der Waals surface area contributed by atoms with Crippen LogP contribution in [-0.4, -0.2) is 49.6 Å². The molecule has 2 heterocycles. The summed E-state index contributed by atoms with van der Waals surface area (Å²) in [6.07, 6.45) is 6.79. The lowest BCUT2D eigenvalue weighted by molar-refractivity contribution is -0.132. The molecule has 1 aliphatic heterocycles. The molecule has 0 aliphatic carbocycles. The van der Waals surface area contributed by atoms with E-state index in [1.165, 1.54) is 17.2 Å². The van der Waals surface area contributed by atoms with E-state index in [4.69, 9.17) is 0 Å². The second kappa shape index (κ2) is 7.58. The Balaban J connectivity index is 1.44. The van der Waals surface area contributed by atoms with Gasteiger partial charge in [-0.15, -0.1) is 0 Å². The highest BCUT2D eigenvalue weighted by atomic mass is 32.2. The van der Waals surface area contributed by atoms with Gasteiger partial charge in [0.1, 0.15) is 0 Å². The minimum atomic E-state index is -3.18. The summed E-state index contributed by atoms with van der Waals surface area (Å²) in [4.78, 5) is 17.5. The number of aromatic nitrogens is 1. The molecule has 136 valence electrons. The van der Waals surface area contributed by atoms with E-state index >= 15 is 0 Å². The predicted octanol–water partition coefficient (Wildman–Crippen LogP) is 2.03. The number of likely N-dealkylation sites (tertiary alicyclic amines) is 1. The van der Waals surface area contributed by atoms with Gasteiger partial charge >= 0.3 is 0 Å². The van der Waals surface area contributed by atoms with Crippen molar-refractivity contribution in [1.82, 2.24) is 14.6 Å². The van der Waals surface area contributed by atoms with E-state index < -0.39 is 10.0 Å². The zero-order valence-electron chi connectivity index (χ0n) is 14.5. The van der Waals surface area contributed by atoms with Gasteiger partial charge in [-0.1, -0.05) is 18.2 Å². The van der Waals surface area contributed by atoms with Gasteiger partial charge < -0.3 is 9.88 Å². The molecule has 1 aliphatic rings. The number of amides is 1. The molecule has 1 amide bonds. The van der Waals surface area contributed by atoms with Gasteiger partial charge in [-0.3, -0.25) is 4.79 Å². The number of aryl methyl sites for hydroxylation is 1. The van der Waals surface area contributed by atoms with Crippen LogP contribution in [0.5, 0.6) is 0 Å². The third-order valence-corrected chi connectivity index (χ3v) is 5.50. The molecule has 6 nitrogen and oxygen atoms in total. The van der Waals surface area contributed by atoms with Gasteiger partial charge in [0.2, 0.25) is 15.9 Å². The summed E-state index contributed by atoms with van der Waals surface area (Å²) >= 11 is 0. The Morgan fingerprint density at radius 1 is 1.28 bits per heavy atom. The molecular weight excluding hydrogens is 338 g/mol. The summed E-state index contributed by atoms with van der Waals surface area (Å²) < 4.78 is 25.2. The summed E-state index contributed by atoms with van der Waals surface area (Å²) in [6.45, 7) is 1.25. The van der Waals surface area contributed by atoms with Gasteiger partial charge in [0.05, 0.1) is 6.26 Å². The Kier molecular flexibility index (Phi) is 5.44. The monoisotopic (exact) mass is 363 g/mol. The van der Waals surface area contributed by atoms with Crippen molar-refractivity contribution in [2.45, 2.75) is 38.1 Å². The number of aromatic amines is 1. The van der Waals surface area contributed by atoms with Gasteiger partial charge in [-0.2, -0.15) is 0 Å². The molecule has 0 bridgehead atoms. The van der Waals surface area contributed by atoms with Gasteiger partial charge in [-0.25, -0.2) is 13.1 Å². The van der Waals surface area contributed by atoms with Crippen molar-refractivity contribution >= 4 is 26.8 Å². The molecule has 7 heteroatoms. The fourth-order valence-corrected chi connectivity index (χ4v) is 4.32. The zero-order chi connectivity index (χ0) is 17.9. The van der Waals surface area contributed by atoms with Crippen molar-refractivity contribution in [1.29, 1.82) is 0 Å². The van der Waals surface area contributed by atoms with Crippen LogP contribution in [-0.2, 0) is 21.2 Å². The largest absolute Gasteiger partial charge is 0.361 e. The number of carbonyl (C=O) groups excluding carboxylic acids is 1. The average molecular weight is 363 g/mol. The number of hydrogen-bond donors (Lipinski definition) is 2. The van der Waals surface area contributed by atoms with Gasteiger partial charge in [0.25, 0.3) is 0 Å². The van der Waals surface area contributed by atoms with E-state index in [2.05, 4.69) is 21.8 Å². The molecule has 0 unspecified atom stereocenters. The minimum Gasteiger partial charge on any atom is -0.361 e. The molecule has 2 N–H and O–H groups in total. The van der Waals surface area contributed by atoms with Crippen LogP contribution in [0.4, 0.5) is 0 Å². The van der Waals surface area contributed by atoms with Crippen LogP contribution >= 0.6 is 0 Å². The van der Waals surface area contributed by atoms with E-state index in [-0.39, 0.29) is 11.9 Å².